The summed E-state index contributed by atoms with van der Waals surface area (Å²) >= 11 is 5.62. The minimum absolute atomic E-state index is 0. The van der Waals surface area contributed by atoms with Gasteiger partial charge in [-0.3, -0.25) is 4.72 Å². The van der Waals surface area contributed by atoms with E-state index in [1.165, 1.54) is 6.33 Å². The predicted molar refractivity (Wildman–Crippen MR) is 85.6 cm³/mol. The van der Waals surface area contributed by atoms with Crippen LogP contribution in [0.1, 0.15) is 0 Å². The molecule has 0 atom stereocenters. The summed E-state index contributed by atoms with van der Waals surface area (Å²) in [5.41, 5.74) is 1.52. The van der Waals surface area contributed by atoms with Gasteiger partial charge < -0.3 is 4.98 Å². The molecule has 22 heavy (non-hydrogen) atoms. The molecule has 1 heterocycles. The molecule has 0 fully saturated rings. The molecule has 3 aromatic rings. The van der Waals surface area contributed by atoms with Crippen molar-refractivity contribution in [3.8, 4) is 0 Å². The zero-order valence-electron chi connectivity index (χ0n) is 10.9. The largest absolute Gasteiger partial charge is 0.345 e. The second kappa shape index (κ2) is 6.12. The molecule has 0 amide bonds. The highest BCUT2D eigenvalue weighted by atomic mass is 35.5. The number of H-pyrrole nitrogens is 1. The van der Waals surface area contributed by atoms with Crippen LogP contribution in [-0.4, -0.2) is 18.4 Å². The number of sulfonamides is 1. The van der Waals surface area contributed by atoms with E-state index < -0.39 is 15.8 Å². The number of aromatic nitrogens is 2. The van der Waals surface area contributed by atoms with Gasteiger partial charge in [0.2, 0.25) is 0 Å². The molecular weight excluding hydrogens is 352 g/mol. The Morgan fingerprint density at radius 1 is 1.23 bits per heavy atom. The van der Waals surface area contributed by atoms with Gasteiger partial charge in [0.15, 0.2) is 0 Å². The van der Waals surface area contributed by atoms with Crippen molar-refractivity contribution in [1.29, 1.82) is 0 Å². The number of aromatic amines is 1. The zero-order valence-corrected chi connectivity index (χ0v) is 13.3. The van der Waals surface area contributed by atoms with E-state index >= 15 is 0 Å². The zero-order chi connectivity index (χ0) is 15.0. The van der Waals surface area contributed by atoms with E-state index in [2.05, 4.69) is 14.7 Å². The van der Waals surface area contributed by atoms with Crippen LogP contribution in [0.4, 0.5) is 10.1 Å². The van der Waals surface area contributed by atoms with Crippen molar-refractivity contribution in [1.82, 2.24) is 9.97 Å². The van der Waals surface area contributed by atoms with E-state index in [1.54, 1.807) is 18.2 Å². The summed E-state index contributed by atoms with van der Waals surface area (Å²) in [5.74, 6) is -0.676. The van der Waals surface area contributed by atoms with E-state index in [0.717, 1.165) is 18.2 Å². The first kappa shape index (κ1) is 16.5. The number of anilines is 1. The van der Waals surface area contributed by atoms with Crippen molar-refractivity contribution in [3.63, 3.8) is 0 Å². The summed E-state index contributed by atoms with van der Waals surface area (Å²) in [4.78, 5) is 6.82. The summed E-state index contributed by atoms with van der Waals surface area (Å²) in [6, 6.07) is 8.26. The van der Waals surface area contributed by atoms with Gasteiger partial charge in [0.25, 0.3) is 10.0 Å². The summed E-state index contributed by atoms with van der Waals surface area (Å²) in [5, 5.41) is -0.254. The van der Waals surface area contributed by atoms with E-state index in [1.807, 2.05) is 0 Å². The van der Waals surface area contributed by atoms with Gasteiger partial charge in [-0.2, -0.15) is 0 Å². The van der Waals surface area contributed by atoms with Crippen molar-refractivity contribution < 1.29 is 12.8 Å². The number of hydrogen-bond acceptors (Lipinski definition) is 3. The van der Waals surface area contributed by atoms with Crippen LogP contribution in [0.5, 0.6) is 0 Å². The van der Waals surface area contributed by atoms with E-state index in [4.69, 9.17) is 11.6 Å². The van der Waals surface area contributed by atoms with E-state index in [-0.39, 0.29) is 22.3 Å². The van der Waals surface area contributed by atoms with Crippen molar-refractivity contribution in [2.24, 2.45) is 0 Å². The second-order valence-corrected chi connectivity index (χ2v) is 6.38. The molecule has 116 valence electrons. The number of fused-ring (bicyclic) bond motifs is 1. The first-order valence-corrected chi connectivity index (χ1v) is 7.73. The Morgan fingerprint density at radius 3 is 2.73 bits per heavy atom. The summed E-state index contributed by atoms with van der Waals surface area (Å²) in [6.07, 6.45) is 1.47. The maximum atomic E-state index is 13.1. The molecule has 9 heteroatoms. The molecule has 0 aliphatic carbocycles. The van der Waals surface area contributed by atoms with Crippen LogP contribution in [-0.2, 0) is 10.0 Å². The molecule has 0 unspecified atom stereocenters. The third-order valence-corrected chi connectivity index (χ3v) is 4.55. The summed E-state index contributed by atoms with van der Waals surface area (Å²) in [6.45, 7) is 0. The lowest BCUT2D eigenvalue weighted by atomic mass is 10.3. The number of benzene rings is 2. The van der Waals surface area contributed by atoms with Gasteiger partial charge >= 0.3 is 0 Å². The van der Waals surface area contributed by atoms with Crippen LogP contribution in [0, 0.1) is 5.82 Å². The number of imidazole rings is 1. The quantitative estimate of drug-likeness (QED) is 0.748. The minimum atomic E-state index is -3.88. The van der Waals surface area contributed by atoms with Gasteiger partial charge in [-0.05, 0) is 30.3 Å². The van der Waals surface area contributed by atoms with Gasteiger partial charge in [0.1, 0.15) is 11.3 Å². The Labute approximate surface area is 137 Å². The van der Waals surface area contributed by atoms with Gasteiger partial charge in [-0.25, -0.2) is 17.8 Å². The molecule has 0 spiro atoms. The lowest BCUT2D eigenvalue weighted by Gasteiger charge is -2.09. The standard InChI is InChI=1S/C13H9ClFN3O2S.ClH/c14-9-6-8(4-5-10(9)15)21(19,20)18-12-3-1-2-11-13(12)17-7-16-11;/h1-7,18H,(H,16,17);1H. The monoisotopic (exact) mass is 361 g/mol. The van der Waals surface area contributed by atoms with Crippen molar-refractivity contribution >= 4 is 50.8 Å². The average Bonchev–Trinajstić information content (AvgIpc) is 2.91. The highest BCUT2D eigenvalue weighted by Gasteiger charge is 2.17. The number of halogens is 3. The van der Waals surface area contributed by atoms with Crippen LogP contribution in [0.25, 0.3) is 11.0 Å². The number of para-hydroxylation sites is 1. The molecule has 0 aliphatic heterocycles. The Bertz CT molecular complexity index is 928. The van der Waals surface area contributed by atoms with Crippen LogP contribution in [0.15, 0.2) is 47.6 Å². The van der Waals surface area contributed by atoms with Gasteiger partial charge in [-0.1, -0.05) is 17.7 Å². The van der Waals surface area contributed by atoms with Gasteiger partial charge in [-0.15, -0.1) is 12.4 Å². The second-order valence-electron chi connectivity index (χ2n) is 4.29. The fourth-order valence-corrected chi connectivity index (χ4v) is 3.23. The van der Waals surface area contributed by atoms with Crippen LogP contribution >= 0.6 is 24.0 Å². The summed E-state index contributed by atoms with van der Waals surface area (Å²) in [7, 11) is -3.88. The average molecular weight is 362 g/mol. The lowest BCUT2D eigenvalue weighted by Crippen LogP contribution is -2.13. The lowest BCUT2D eigenvalue weighted by molar-refractivity contribution is 0.599. The van der Waals surface area contributed by atoms with Crippen LogP contribution in [0.2, 0.25) is 5.02 Å². The predicted octanol–water partition coefficient (Wildman–Crippen LogP) is 3.58. The minimum Gasteiger partial charge on any atom is -0.345 e. The fourth-order valence-electron chi connectivity index (χ4n) is 1.90. The Morgan fingerprint density at radius 2 is 2.00 bits per heavy atom. The molecule has 0 bridgehead atoms. The van der Waals surface area contributed by atoms with E-state index in [9.17, 15) is 12.8 Å². The molecule has 1 aromatic heterocycles. The molecule has 3 rings (SSSR count). The molecule has 0 radical (unpaired) electrons. The van der Waals surface area contributed by atoms with Crippen molar-refractivity contribution in [3.05, 3.63) is 53.6 Å². The fraction of sp³-hybridized carbons (Fsp3) is 0. The van der Waals surface area contributed by atoms with Gasteiger partial charge in [0.05, 0.1) is 27.4 Å². The number of nitrogens with one attached hydrogen (secondary N) is 2. The number of rotatable bonds is 3. The molecule has 5 nitrogen and oxygen atoms in total. The molecular formula is C13H10Cl2FN3O2S. The Kier molecular flexibility index (Phi) is 4.60. The normalized spacial score (nSPS) is 11.2. The van der Waals surface area contributed by atoms with Crippen LogP contribution < -0.4 is 4.72 Å². The number of nitrogens with zero attached hydrogens (tertiary/aromatic N) is 1. The molecule has 0 saturated heterocycles. The maximum absolute atomic E-state index is 13.1. The maximum Gasteiger partial charge on any atom is 0.262 e. The third kappa shape index (κ3) is 3.01. The topological polar surface area (TPSA) is 74.8 Å². The van der Waals surface area contributed by atoms with Crippen molar-refractivity contribution in [2.75, 3.05) is 4.72 Å². The number of hydrogen-bond donors (Lipinski definition) is 2. The first-order chi connectivity index (χ1) is 9.97. The Balaban J connectivity index is 0.00000176. The smallest absolute Gasteiger partial charge is 0.262 e. The highest BCUT2D eigenvalue weighted by Crippen LogP contribution is 2.25. The van der Waals surface area contributed by atoms with E-state index in [0.29, 0.717) is 16.7 Å². The third-order valence-electron chi connectivity index (χ3n) is 2.90. The van der Waals surface area contributed by atoms with Crippen molar-refractivity contribution in [2.45, 2.75) is 4.90 Å². The molecule has 2 N–H and O–H groups in total. The summed E-state index contributed by atoms with van der Waals surface area (Å²) < 4.78 is 40.1. The molecule has 2 aromatic carbocycles. The Hall–Kier alpha value is -1.83. The SMILES string of the molecule is Cl.O=S(=O)(Nc1cccc2[nH]cnc12)c1ccc(F)c(Cl)c1. The highest BCUT2D eigenvalue weighted by molar-refractivity contribution is 7.92. The first-order valence-electron chi connectivity index (χ1n) is 5.87. The molecule has 0 saturated carbocycles. The van der Waals surface area contributed by atoms with Crippen LogP contribution in [0.3, 0.4) is 0 Å². The molecule has 0 aliphatic rings. The van der Waals surface area contributed by atoms with Gasteiger partial charge in [0, 0.05) is 0 Å².